The standard InChI is InChI=1S/C29H54O5/c1-11-22-14-25(19(8)15(4)17(22)6)31-27-26(21(10)24(13-3)32-28(27)30)34-29-20(9)16(5)18(7)23(12-2)33-29/h15-30H,11-14H2,1-10H3/t15?,16?,17-,18-,19?,20-,21+,22?,23?,24?,25+,26?,27-,28-,29-/m0/s1. The largest absolute Gasteiger partial charge is 0.367 e. The van der Waals surface area contributed by atoms with Crippen molar-refractivity contribution < 1.29 is 24.1 Å². The maximum Gasteiger partial charge on any atom is 0.184 e. The highest BCUT2D eigenvalue weighted by atomic mass is 16.7. The summed E-state index contributed by atoms with van der Waals surface area (Å²) in [6.07, 6.45) is 2.23. The molecule has 0 spiro atoms. The molecular weight excluding hydrogens is 428 g/mol. The minimum absolute atomic E-state index is 0.0526. The number of rotatable bonds is 7. The van der Waals surface area contributed by atoms with Crippen LogP contribution < -0.4 is 0 Å². The van der Waals surface area contributed by atoms with E-state index in [2.05, 4.69) is 69.2 Å². The second-order valence-electron chi connectivity index (χ2n) is 12.1. The Morgan fingerprint density at radius 1 is 0.618 bits per heavy atom. The van der Waals surface area contributed by atoms with E-state index in [1.54, 1.807) is 0 Å². The average molecular weight is 483 g/mol. The molecule has 2 heterocycles. The summed E-state index contributed by atoms with van der Waals surface area (Å²) in [6, 6.07) is 0. The van der Waals surface area contributed by atoms with Crippen molar-refractivity contribution in [1.82, 2.24) is 0 Å². The van der Waals surface area contributed by atoms with Crippen LogP contribution in [0, 0.1) is 47.3 Å². The lowest BCUT2D eigenvalue weighted by Gasteiger charge is -2.51. The van der Waals surface area contributed by atoms with Gasteiger partial charge in [-0.1, -0.05) is 75.7 Å². The lowest BCUT2D eigenvalue weighted by Crippen LogP contribution is -2.59. The van der Waals surface area contributed by atoms with Crippen molar-refractivity contribution in [2.24, 2.45) is 47.3 Å². The van der Waals surface area contributed by atoms with Crippen molar-refractivity contribution in [3.8, 4) is 0 Å². The van der Waals surface area contributed by atoms with Gasteiger partial charge < -0.3 is 24.1 Å². The molecule has 0 amide bonds. The molecule has 5 nitrogen and oxygen atoms in total. The second-order valence-corrected chi connectivity index (χ2v) is 12.1. The van der Waals surface area contributed by atoms with E-state index < -0.39 is 12.4 Å². The highest BCUT2D eigenvalue weighted by molar-refractivity contribution is 4.93. The highest BCUT2D eigenvalue weighted by Gasteiger charge is 2.50. The molecule has 3 fully saturated rings. The van der Waals surface area contributed by atoms with Crippen LogP contribution in [-0.4, -0.2) is 48.2 Å². The molecule has 1 aliphatic carbocycles. The molecule has 3 rings (SSSR count). The van der Waals surface area contributed by atoms with Gasteiger partial charge in [0.2, 0.25) is 0 Å². The van der Waals surface area contributed by atoms with Crippen LogP contribution in [-0.2, 0) is 18.9 Å². The predicted molar refractivity (Wildman–Crippen MR) is 136 cm³/mol. The van der Waals surface area contributed by atoms with Gasteiger partial charge in [-0.05, 0) is 54.8 Å². The summed E-state index contributed by atoms with van der Waals surface area (Å²) in [7, 11) is 0. The SMILES string of the molecule is CCC1C[C@@H](O[C@H]2C(O[C@@H]3OC(CC)[C@@H](C)C(C)[C@@H]3C)[C@H](C)C(CC)O[C@@H]2O)C(C)C(C)[C@@H]1C. The van der Waals surface area contributed by atoms with Gasteiger partial charge in [0, 0.05) is 11.8 Å². The third-order valence-corrected chi connectivity index (χ3v) is 10.5. The van der Waals surface area contributed by atoms with Crippen LogP contribution >= 0.6 is 0 Å². The molecule has 3 aliphatic rings. The van der Waals surface area contributed by atoms with Crippen molar-refractivity contribution >= 4 is 0 Å². The first-order valence-corrected chi connectivity index (χ1v) is 14.3. The fourth-order valence-electron chi connectivity index (χ4n) is 7.03. The molecule has 200 valence electrons. The van der Waals surface area contributed by atoms with Crippen LogP contribution in [0.4, 0.5) is 0 Å². The fourth-order valence-corrected chi connectivity index (χ4v) is 7.03. The van der Waals surface area contributed by atoms with E-state index in [-0.39, 0.29) is 42.5 Å². The van der Waals surface area contributed by atoms with Gasteiger partial charge in [0.25, 0.3) is 0 Å². The average Bonchev–Trinajstić information content (AvgIpc) is 2.83. The Kier molecular flexibility index (Phi) is 9.93. The van der Waals surface area contributed by atoms with Crippen LogP contribution in [0.15, 0.2) is 0 Å². The van der Waals surface area contributed by atoms with Crippen molar-refractivity contribution in [3.05, 3.63) is 0 Å². The molecular formula is C29H54O5. The van der Waals surface area contributed by atoms with E-state index in [9.17, 15) is 5.11 Å². The smallest absolute Gasteiger partial charge is 0.184 e. The van der Waals surface area contributed by atoms with Gasteiger partial charge in [-0.15, -0.1) is 0 Å². The summed E-state index contributed by atoms with van der Waals surface area (Å²) in [5.74, 6) is 3.76. The van der Waals surface area contributed by atoms with Crippen LogP contribution in [0.25, 0.3) is 0 Å². The molecule has 0 radical (unpaired) electrons. The molecule has 2 saturated heterocycles. The lowest BCUT2D eigenvalue weighted by molar-refractivity contribution is -0.341. The zero-order chi connectivity index (χ0) is 25.3. The monoisotopic (exact) mass is 482 g/mol. The Hall–Kier alpha value is -0.200. The third-order valence-electron chi connectivity index (χ3n) is 10.5. The van der Waals surface area contributed by atoms with Gasteiger partial charge in [-0.2, -0.15) is 0 Å². The molecule has 5 heteroatoms. The molecule has 7 unspecified atom stereocenters. The Balaban J connectivity index is 1.83. The number of hydrogen-bond acceptors (Lipinski definition) is 5. The molecule has 0 aromatic carbocycles. The normalized spacial score (nSPS) is 52.5. The van der Waals surface area contributed by atoms with E-state index in [1.807, 2.05) is 0 Å². The van der Waals surface area contributed by atoms with E-state index in [0.717, 1.165) is 25.7 Å². The summed E-state index contributed by atoms with van der Waals surface area (Å²) < 4.78 is 26.2. The first-order chi connectivity index (χ1) is 16.0. The topological polar surface area (TPSA) is 57.2 Å². The summed E-state index contributed by atoms with van der Waals surface area (Å²) in [6.45, 7) is 22.7. The van der Waals surface area contributed by atoms with Crippen molar-refractivity contribution in [2.75, 3.05) is 0 Å². The van der Waals surface area contributed by atoms with Gasteiger partial charge in [0.1, 0.15) is 6.10 Å². The van der Waals surface area contributed by atoms with Crippen LogP contribution in [0.2, 0.25) is 0 Å². The van der Waals surface area contributed by atoms with E-state index in [1.165, 1.54) is 0 Å². The minimum Gasteiger partial charge on any atom is -0.367 e. The highest BCUT2D eigenvalue weighted by Crippen LogP contribution is 2.44. The van der Waals surface area contributed by atoms with Crippen LogP contribution in [0.3, 0.4) is 0 Å². The predicted octanol–water partition coefficient (Wildman–Crippen LogP) is 6.27. The number of ether oxygens (including phenoxy) is 4. The lowest BCUT2D eigenvalue weighted by atomic mass is 9.66. The number of hydrogen-bond donors (Lipinski definition) is 1. The van der Waals surface area contributed by atoms with E-state index in [4.69, 9.17) is 18.9 Å². The first-order valence-electron chi connectivity index (χ1n) is 14.3. The Morgan fingerprint density at radius 3 is 1.79 bits per heavy atom. The van der Waals surface area contributed by atoms with Crippen molar-refractivity contribution in [1.29, 1.82) is 0 Å². The molecule has 0 bridgehead atoms. The Bertz CT molecular complexity index is 624. The van der Waals surface area contributed by atoms with Crippen LogP contribution in [0.1, 0.15) is 94.9 Å². The third kappa shape index (κ3) is 5.54. The molecule has 0 aromatic heterocycles. The van der Waals surface area contributed by atoms with Crippen molar-refractivity contribution in [3.63, 3.8) is 0 Å². The summed E-state index contributed by atoms with van der Waals surface area (Å²) in [5.41, 5.74) is 0. The summed E-state index contributed by atoms with van der Waals surface area (Å²) >= 11 is 0. The summed E-state index contributed by atoms with van der Waals surface area (Å²) in [5, 5.41) is 11.1. The maximum atomic E-state index is 11.1. The molecule has 34 heavy (non-hydrogen) atoms. The molecule has 1 saturated carbocycles. The Morgan fingerprint density at radius 2 is 1.21 bits per heavy atom. The number of aliphatic hydroxyl groups is 1. The fraction of sp³-hybridized carbons (Fsp3) is 1.00. The quantitative estimate of drug-likeness (QED) is 0.463. The minimum atomic E-state index is -0.981. The van der Waals surface area contributed by atoms with Crippen LogP contribution in [0.5, 0.6) is 0 Å². The van der Waals surface area contributed by atoms with Crippen molar-refractivity contribution in [2.45, 2.75) is 138 Å². The van der Waals surface area contributed by atoms with Gasteiger partial charge >= 0.3 is 0 Å². The van der Waals surface area contributed by atoms with Gasteiger partial charge in [0.05, 0.1) is 24.4 Å². The van der Waals surface area contributed by atoms with E-state index >= 15 is 0 Å². The van der Waals surface area contributed by atoms with Gasteiger partial charge in [-0.3, -0.25) is 0 Å². The van der Waals surface area contributed by atoms with E-state index in [0.29, 0.717) is 35.5 Å². The molecule has 15 atom stereocenters. The molecule has 1 N–H and O–H groups in total. The number of aliphatic hydroxyl groups excluding tert-OH is 1. The molecule has 2 aliphatic heterocycles. The zero-order valence-electron chi connectivity index (χ0n) is 23.6. The Labute approximate surface area is 209 Å². The second kappa shape index (κ2) is 11.9. The zero-order valence-corrected chi connectivity index (χ0v) is 23.6. The maximum absolute atomic E-state index is 11.1. The molecule has 0 aromatic rings. The van der Waals surface area contributed by atoms with Gasteiger partial charge in [-0.25, -0.2) is 0 Å². The van der Waals surface area contributed by atoms with Gasteiger partial charge in [0.15, 0.2) is 12.6 Å². The first kappa shape index (κ1) is 28.4. The summed E-state index contributed by atoms with van der Waals surface area (Å²) in [4.78, 5) is 0.